The van der Waals surface area contributed by atoms with Crippen LogP contribution in [0.15, 0.2) is 48.5 Å². The van der Waals surface area contributed by atoms with Gasteiger partial charge in [0, 0.05) is 31.3 Å². The highest BCUT2D eigenvalue weighted by molar-refractivity contribution is 6.06. The number of amides is 2. The quantitative estimate of drug-likeness (QED) is 0.729. The molecule has 1 aliphatic heterocycles. The van der Waals surface area contributed by atoms with E-state index in [-0.39, 0.29) is 11.8 Å². The molecule has 2 aromatic carbocycles. The minimum absolute atomic E-state index is 0.154. The van der Waals surface area contributed by atoms with E-state index in [1.165, 1.54) is 6.92 Å². The molecule has 0 atom stereocenters. The van der Waals surface area contributed by atoms with Gasteiger partial charge in [0.1, 0.15) is 0 Å². The Morgan fingerprint density at radius 1 is 0.893 bits per heavy atom. The van der Waals surface area contributed by atoms with Crippen molar-refractivity contribution in [1.82, 2.24) is 9.97 Å². The van der Waals surface area contributed by atoms with Gasteiger partial charge in [-0.05, 0) is 49.2 Å². The van der Waals surface area contributed by atoms with Crippen molar-refractivity contribution in [3.63, 3.8) is 0 Å². The highest BCUT2D eigenvalue weighted by atomic mass is 16.2. The number of hydrogen-bond donors (Lipinski definition) is 2. The molecule has 1 aromatic heterocycles. The maximum absolute atomic E-state index is 12.8. The smallest absolute Gasteiger partial charge is 0.256 e. The van der Waals surface area contributed by atoms with Crippen LogP contribution in [0.1, 0.15) is 30.1 Å². The summed E-state index contributed by atoms with van der Waals surface area (Å²) in [6, 6.07) is 14.4. The number of aromatic nitrogens is 2. The second-order valence-corrected chi connectivity index (χ2v) is 6.79. The summed E-state index contributed by atoms with van der Waals surface area (Å²) in [7, 11) is 0. The Morgan fingerprint density at radius 3 is 2.18 bits per heavy atom. The molecule has 2 amide bonds. The fourth-order valence-corrected chi connectivity index (χ4v) is 3.31. The van der Waals surface area contributed by atoms with Gasteiger partial charge in [0.15, 0.2) is 11.6 Å². The molecule has 3 aromatic rings. The molecule has 142 valence electrons. The summed E-state index contributed by atoms with van der Waals surface area (Å²) in [5, 5.41) is 5.60. The number of carbonyl (C=O) groups excluding carboxylic acids is 2. The zero-order chi connectivity index (χ0) is 19.5. The molecule has 2 heterocycles. The Bertz CT molecular complexity index is 1030. The van der Waals surface area contributed by atoms with Crippen LogP contribution in [0.3, 0.4) is 0 Å². The van der Waals surface area contributed by atoms with Gasteiger partial charge in [0.25, 0.3) is 5.91 Å². The number of anilines is 3. The molecule has 0 unspecified atom stereocenters. The molecule has 2 N–H and O–H groups in total. The Hall–Kier alpha value is -3.48. The lowest BCUT2D eigenvalue weighted by atomic mass is 10.2. The summed E-state index contributed by atoms with van der Waals surface area (Å²) in [4.78, 5) is 35.5. The van der Waals surface area contributed by atoms with E-state index in [2.05, 4.69) is 20.5 Å². The number of nitrogens with one attached hydrogen (secondary N) is 2. The lowest BCUT2D eigenvalue weighted by Gasteiger charge is -2.20. The molecule has 28 heavy (non-hydrogen) atoms. The summed E-state index contributed by atoms with van der Waals surface area (Å²) in [5.41, 5.74) is 2.67. The van der Waals surface area contributed by atoms with Crippen LogP contribution in [-0.2, 0) is 4.79 Å². The first kappa shape index (κ1) is 17.9. The first-order valence-electron chi connectivity index (χ1n) is 9.31. The van der Waals surface area contributed by atoms with Gasteiger partial charge in [-0.1, -0.05) is 12.1 Å². The van der Waals surface area contributed by atoms with E-state index >= 15 is 0 Å². The maximum Gasteiger partial charge on any atom is 0.256 e. The van der Waals surface area contributed by atoms with Gasteiger partial charge in [0.2, 0.25) is 5.91 Å². The van der Waals surface area contributed by atoms with Crippen molar-refractivity contribution in [1.29, 1.82) is 0 Å². The number of para-hydroxylation sites is 2. The minimum atomic E-state index is -0.264. The molecule has 7 nitrogen and oxygen atoms in total. The van der Waals surface area contributed by atoms with Gasteiger partial charge in [-0.2, -0.15) is 0 Å². The largest absolute Gasteiger partial charge is 0.354 e. The zero-order valence-corrected chi connectivity index (χ0v) is 15.6. The average molecular weight is 375 g/mol. The second kappa shape index (κ2) is 7.64. The van der Waals surface area contributed by atoms with Crippen LogP contribution < -0.4 is 15.5 Å². The van der Waals surface area contributed by atoms with Crippen LogP contribution in [0.4, 0.5) is 17.3 Å². The summed E-state index contributed by atoms with van der Waals surface area (Å²) in [5.74, 6) is 0.759. The molecule has 0 spiro atoms. The van der Waals surface area contributed by atoms with Crippen LogP contribution in [0.5, 0.6) is 0 Å². The predicted molar refractivity (Wildman–Crippen MR) is 110 cm³/mol. The number of carbonyl (C=O) groups is 2. The lowest BCUT2D eigenvalue weighted by molar-refractivity contribution is -0.114. The third kappa shape index (κ3) is 3.78. The monoisotopic (exact) mass is 375 g/mol. The first-order valence-corrected chi connectivity index (χ1v) is 9.31. The molecule has 4 rings (SSSR count). The Balaban J connectivity index is 1.63. The number of hydrogen-bond acceptors (Lipinski definition) is 5. The van der Waals surface area contributed by atoms with Crippen molar-refractivity contribution in [2.75, 3.05) is 28.6 Å². The van der Waals surface area contributed by atoms with E-state index < -0.39 is 0 Å². The standard InChI is InChI=1S/C21H21N5O2/c1-14(27)22-16-10-8-15(9-11-16)21(28)25-19-20(26-12-4-5-13-26)24-18-7-3-2-6-17(18)23-19/h2-3,6-11H,4-5,12-13H2,1H3,(H,22,27)(H,23,25,28). The number of fused-ring (bicyclic) bond motifs is 1. The maximum atomic E-state index is 12.8. The van der Waals surface area contributed by atoms with Crippen LogP contribution in [0, 0.1) is 0 Å². The van der Waals surface area contributed by atoms with Crippen LogP contribution >= 0.6 is 0 Å². The van der Waals surface area contributed by atoms with E-state index in [9.17, 15) is 9.59 Å². The van der Waals surface area contributed by atoms with Gasteiger partial charge in [-0.3, -0.25) is 9.59 Å². The molecule has 7 heteroatoms. The van der Waals surface area contributed by atoms with Crippen molar-refractivity contribution in [3.05, 3.63) is 54.1 Å². The molecular weight excluding hydrogens is 354 g/mol. The number of benzene rings is 2. The fraction of sp³-hybridized carbons (Fsp3) is 0.238. The van der Waals surface area contributed by atoms with E-state index in [0.717, 1.165) is 37.0 Å². The SMILES string of the molecule is CC(=O)Nc1ccc(C(=O)Nc2nc3ccccc3nc2N2CCCC2)cc1. The highest BCUT2D eigenvalue weighted by Gasteiger charge is 2.21. The Labute approximate surface area is 162 Å². The van der Waals surface area contributed by atoms with Gasteiger partial charge in [-0.25, -0.2) is 9.97 Å². The van der Waals surface area contributed by atoms with Crippen LogP contribution in [0.25, 0.3) is 11.0 Å². The molecule has 0 bridgehead atoms. The lowest BCUT2D eigenvalue weighted by Crippen LogP contribution is -2.23. The number of nitrogens with zero attached hydrogens (tertiary/aromatic N) is 3. The van der Waals surface area contributed by atoms with E-state index in [0.29, 0.717) is 22.9 Å². The average Bonchev–Trinajstić information content (AvgIpc) is 3.22. The van der Waals surface area contributed by atoms with Crippen molar-refractivity contribution in [3.8, 4) is 0 Å². The van der Waals surface area contributed by atoms with Crippen molar-refractivity contribution in [2.24, 2.45) is 0 Å². The van der Waals surface area contributed by atoms with Gasteiger partial charge in [-0.15, -0.1) is 0 Å². The second-order valence-electron chi connectivity index (χ2n) is 6.79. The molecule has 1 aliphatic rings. The van der Waals surface area contributed by atoms with Crippen LogP contribution in [-0.4, -0.2) is 34.9 Å². The van der Waals surface area contributed by atoms with Crippen molar-refractivity contribution in [2.45, 2.75) is 19.8 Å². The summed E-state index contributed by atoms with van der Waals surface area (Å²) >= 11 is 0. The molecular formula is C21H21N5O2. The number of rotatable bonds is 4. The topological polar surface area (TPSA) is 87.2 Å². The molecule has 0 saturated carbocycles. The first-order chi connectivity index (χ1) is 13.6. The van der Waals surface area contributed by atoms with Gasteiger partial charge in [0.05, 0.1) is 11.0 Å². The summed E-state index contributed by atoms with van der Waals surface area (Å²) in [6.07, 6.45) is 2.21. The third-order valence-corrected chi connectivity index (χ3v) is 4.66. The fourth-order valence-electron chi connectivity index (χ4n) is 3.31. The Morgan fingerprint density at radius 2 is 1.54 bits per heavy atom. The molecule has 0 radical (unpaired) electrons. The van der Waals surface area contributed by atoms with Crippen LogP contribution in [0.2, 0.25) is 0 Å². The predicted octanol–water partition coefficient (Wildman–Crippen LogP) is 3.44. The summed E-state index contributed by atoms with van der Waals surface area (Å²) in [6.45, 7) is 3.25. The van der Waals surface area contributed by atoms with Crippen molar-refractivity contribution < 1.29 is 9.59 Å². The normalized spacial score (nSPS) is 13.5. The van der Waals surface area contributed by atoms with E-state index in [1.807, 2.05) is 24.3 Å². The van der Waals surface area contributed by atoms with E-state index in [4.69, 9.17) is 4.98 Å². The Kier molecular flexibility index (Phi) is 4.89. The molecule has 1 saturated heterocycles. The zero-order valence-electron chi connectivity index (χ0n) is 15.6. The van der Waals surface area contributed by atoms with Gasteiger partial charge < -0.3 is 15.5 Å². The molecule has 0 aliphatic carbocycles. The molecule has 1 fully saturated rings. The van der Waals surface area contributed by atoms with Crippen molar-refractivity contribution >= 4 is 40.2 Å². The minimum Gasteiger partial charge on any atom is -0.354 e. The summed E-state index contributed by atoms with van der Waals surface area (Å²) < 4.78 is 0. The van der Waals surface area contributed by atoms with E-state index in [1.54, 1.807) is 24.3 Å². The van der Waals surface area contributed by atoms with Gasteiger partial charge >= 0.3 is 0 Å². The third-order valence-electron chi connectivity index (χ3n) is 4.66. The highest BCUT2D eigenvalue weighted by Crippen LogP contribution is 2.28.